The number of ether oxygens (including phenoxy) is 2. The minimum absolute atomic E-state index is 0.00507. The SMILES string of the molecule is CCCC(=O)Nc1ccc(NCC(=O)Nc2ccc(OCCOc3ccccc3)cc2)cc1. The maximum absolute atomic E-state index is 12.2. The van der Waals surface area contributed by atoms with Gasteiger partial charge >= 0.3 is 0 Å². The second-order valence-corrected chi connectivity index (χ2v) is 7.31. The first-order valence-corrected chi connectivity index (χ1v) is 11.0. The molecule has 3 rings (SSSR count). The van der Waals surface area contributed by atoms with Crippen LogP contribution in [0.5, 0.6) is 11.5 Å². The second kappa shape index (κ2) is 12.8. The Morgan fingerprint density at radius 2 is 1.18 bits per heavy atom. The van der Waals surface area contributed by atoms with Crippen molar-refractivity contribution in [3.05, 3.63) is 78.9 Å². The molecule has 0 aliphatic heterocycles. The lowest BCUT2D eigenvalue weighted by Crippen LogP contribution is -2.21. The molecule has 0 aliphatic rings. The molecule has 0 heterocycles. The molecule has 0 saturated heterocycles. The molecule has 0 saturated carbocycles. The molecule has 0 atom stereocenters. The summed E-state index contributed by atoms with van der Waals surface area (Å²) in [6, 6.07) is 24.0. The van der Waals surface area contributed by atoms with Crippen molar-refractivity contribution in [1.29, 1.82) is 0 Å². The van der Waals surface area contributed by atoms with E-state index in [4.69, 9.17) is 9.47 Å². The van der Waals surface area contributed by atoms with Crippen molar-refractivity contribution in [2.75, 3.05) is 35.7 Å². The Kier molecular flexibility index (Phi) is 9.15. The quantitative estimate of drug-likeness (QED) is 0.343. The molecular weight excluding hydrogens is 418 g/mol. The summed E-state index contributed by atoms with van der Waals surface area (Å²) >= 11 is 0. The topological polar surface area (TPSA) is 88.7 Å². The minimum atomic E-state index is -0.166. The van der Waals surface area contributed by atoms with Crippen LogP contribution in [0.25, 0.3) is 0 Å². The van der Waals surface area contributed by atoms with Gasteiger partial charge in [-0.05, 0) is 67.1 Å². The predicted octanol–water partition coefficient (Wildman–Crippen LogP) is 4.93. The predicted molar refractivity (Wildman–Crippen MR) is 131 cm³/mol. The Morgan fingerprint density at radius 1 is 0.667 bits per heavy atom. The average molecular weight is 448 g/mol. The molecule has 3 aromatic carbocycles. The van der Waals surface area contributed by atoms with Crippen LogP contribution in [-0.2, 0) is 9.59 Å². The van der Waals surface area contributed by atoms with Crippen LogP contribution in [0.15, 0.2) is 78.9 Å². The number of benzene rings is 3. The second-order valence-electron chi connectivity index (χ2n) is 7.31. The van der Waals surface area contributed by atoms with Gasteiger partial charge in [0.1, 0.15) is 24.7 Å². The van der Waals surface area contributed by atoms with Gasteiger partial charge < -0.3 is 25.4 Å². The summed E-state index contributed by atoms with van der Waals surface area (Å²) in [5, 5.41) is 8.74. The first-order valence-electron chi connectivity index (χ1n) is 11.0. The Morgan fingerprint density at radius 3 is 1.79 bits per heavy atom. The molecule has 3 N–H and O–H groups in total. The number of hydrogen-bond acceptors (Lipinski definition) is 5. The number of nitrogens with one attached hydrogen (secondary N) is 3. The molecule has 0 radical (unpaired) electrons. The molecule has 33 heavy (non-hydrogen) atoms. The lowest BCUT2D eigenvalue weighted by atomic mass is 10.2. The van der Waals surface area contributed by atoms with E-state index in [9.17, 15) is 9.59 Å². The van der Waals surface area contributed by atoms with E-state index in [1.54, 1.807) is 36.4 Å². The Balaban J connectivity index is 1.35. The third-order valence-corrected chi connectivity index (χ3v) is 4.60. The van der Waals surface area contributed by atoms with Crippen molar-refractivity contribution >= 4 is 28.9 Å². The van der Waals surface area contributed by atoms with Gasteiger partial charge in [-0.15, -0.1) is 0 Å². The fourth-order valence-corrected chi connectivity index (χ4v) is 2.98. The number of rotatable bonds is 12. The Hall–Kier alpha value is -4.00. The summed E-state index contributed by atoms with van der Waals surface area (Å²) in [6.07, 6.45) is 1.30. The molecule has 3 aromatic rings. The van der Waals surface area contributed by atoms with Gasteiger partial charge in [0.05, 0.1) is 6.54 Å². The Bertz CT molecular complexity index is 1010. The van der Waals surface area contributed by atoms with Crippen LogP contribution >= 0.6 is 0 Å². The molecule has 2 amide bonds. The molecule has 7 nitrogen and oxygen atoms in total. The summed E-state index contributed by atoms with van der Waals surface area (Å²) in [5.74, 6) is 1.34. The molecule has 0 spiro atoms. The zero-order valence-electron chi connectivity index (χ0n) is 18.7. The van der Waals surface area contributed by atoms with Crippen molar-refractivity contribution in [1.82, 2.24) is 0 Å². The third-order valence-electron chi connectivity index (χ3n) is 4.60. The van der Waals surface area contributed by atoms with E-state index in [0.29, 0.717) is 31.1 Å². The van der Waals surface area contributed by atoms with Gasteiger partial charge in [-0.2, -0.15) is 0 Å². The van der Waals surface area contributed by atoms with Crippen molar-refractivity contribution in [2.24, 2.45) is 0 Å². The smallest absolute Gasteiger partial charge is 0.243 e. The van der Waals surface area contributed by atoms with Crippen molar-refractivity contribution in [3.63, 3.8) is 0 Å². The number of carbonyl (C=O) groups excluding carboxylic acids is 2. The van der Waals surface area contributed by atoms with E-state index in [2.05, 4.69) is 16.0 Å². The van der Waals surface area contributed by atoms with Crippen LogP contribution in [0.1, 0.15) is 19.8 Å². The highest BCUT2D eigenvalue weighted by Gasteiger charge is 2.04. The van der Waals surface area contributed by atoms with Gasteiger partial charge in [0.2, 0.25) is 11.8 Å². The fourth-order valence-electron chi connectivity index (χ4n) is 2.98. The van der Waals surface area contributed by atoms with Crippen molar-refractivity contribution in [2.45, 2.75) is 19.8 Å². The first kappa shape index (κ1) is 23.7. The van der Waals surface area contributed by atoms with Crippen LogP contribution in [0.4, 0.5) is 17.1 Å². The molecule has 0 unspecified atom stereocenters. The van der Waals surface area contributed by atoms with E-state index in [-0.39, 0.29) is 18.4 Å². The summed E-state index contributed by atoms with van der Waals surface area (Å²) in [5.41, 5.74) is 2.21. The standard InChI is InChI=1S/C26H29N3O4/c1-2-6-25(30)28-21-11-9-20(10-12-21)27-19-26(31)29-22-13-15-24(16-14-22)33-18-17-32-23-7-4-3-5-8-23/h3-5,7-16,27H,2,6,17-19H2,1H3,(H,28,30)(H,29,31). The average Bonchev–Trinajstić information content (AvgIpc) is 2.83. The van der Waals surface area contributed by atoms with E-state index < -0.39 is 0 Å². The molecule has 0 bridgehead atoms. The zero-order chi connectivity index (χ0) is 23.3. The molecule has 7 heteroatoms. The van der Waals surface area contributed by atoms with Gasteiger partial charge in [-0.3, -0.25) is 9.59 Å². The van der Waals surface area contributed by atoms with Crippen LogP contribution < -0.4 is 25.4 Å². The maximum Gasteiger partial charge on any atom is 0.243 e. The molecule has 172 valence electrons. The summed E-state index contributed by atoms with van der Waals surface area (Å²) in [6.45, 7) is 2.95. The van der Waals surface area contributed by atoms with Crippen LogP contribution in [0.3, 0.4) is 0 Å². The Labute approximate surface area is 194 Å². The van der Waals surface area contributed by atoms with Gasteiger partial charge in [0, 0.05) is 23.5 Å². The van der Waals surface area contributed by atoms with Crippen LogP contribution in [0.2, 0.25) is 0 Å². The summed E-state index contributed by atoms with van der Waals surface area (Å²) < 4.78 is 11.3. The van der Waals surface area contributed by atoms with E-state index in [0.717, 1.165) is 23.5 Å². The monoisotopic (exact) mass is 447 g/mol. The molecular formula is C26H29N3O4. The summed E-state index contributed by atoms with van der Waals surface area (Å²) in [7, 11) is 0. The molecule has 0 aliphatic carbocycles. The number of para-hydroxylation sites is 1. The highest BCUT2D eigenvalue weighted by atomic mass is 16.5. The highest BCUT2D eigenvalue weighted by molar-refractivity contribution is 5.94. The highest BCUT2D eigenvalue weighted by Crippen LogP contribution is 2.17. The van der Waals surface area contributed by atoms with Crippen LogP contribution in [0, 0.1) is 0 Å². The third kappa shape index (κ3) is 8.57. The van der Waals surface area contributed by atoms with Gasteiger partial charge in [0.15, 0.2) is 0 Å². The largest absolute Gasteiger partial charge is 0.490 e. The van der Waals surface area contributed by atoms with Gasteiger partial charge in [-0.25, -0.2) is 0 Å². The van der Waals surface area contributed by atoms with Crippen molar-refractivity contribution in [3.8, 4) is 11.5 Å². The van der Waals surface area contributed by atoms with E-state index in [1.165, 1.54) is 0 Å². The molecule has 0 aromatic heterocycles. The first-order chi connectivity index (χ1) is 16.1. The number of anilines is 3. The number of amides is 2. The number of carbonyl (C=O) groups is 2. The normalized spacial score (nSPS) is 10.2. The van der Waals surface area contributed by atoms with E-state index >= 15 is 0 Å². The molecule has 0 fully saturated rings. The van der Waals surface area contributed by atoms with E-state index in [1.807, 2.05) is 49.4 Å². The van der Waals surface area contributed by atoms with Crippen LogP contribution in [-0.4, -0.2) is 31.6 Å². The summed E-state index contributed by atoms with van der Waals surface area (Å²) in [4.78, 5) is 23.9. The van der Waals surface area contributed by atoms with Gasteiger partial charge in [0.25, 0.3) is 0 Å². The van der Waals surface area contributed by atoms with Crippen molar-refractivity contribution < 1.29 is 19.1 Å². The lowest BCUT2D eigenvalue weighted by molar-refractivity contribution is -0.116. The van der Waals surface area contributed by atoms with Gasteiger partial charge in [-0.1, -0.05) is 25.1 Å². The minimum Gasteiger partial charge on any atom is -0.490 e. The maximum atomic E-state index is 12.2. The zero-order valence-corrected chi connectivity index (χ0v) is 18.7. The number of hydrogen-bond donors (Lipinski definition) is 3. The fraction of sp³-hybridized carbons (Fsp3) is 0.231. The lowest BCUT2D eigenvalue weighted by Gasteiger charge is -2.11.